The number of rotatable bonds is 5. The number of amides is 1. The van der Waals surface area contributed by atoms with E-state index in [4.69, 9.17) is 22.0 Å². The quantitative estimate of drug-likeness (QED) is 0.548. The van der Waals surface area contributed by atoms with E-state index in [-0.39, 0.29) is 10.7 Å². The van der Waals surface area contributed by atoms with Crippen LogP contribution in [0.15, 0.2) is 16.7 Å². The molecule has 0 saturated heterocycles. The monoisotopic (exact) mass is 296 g/mol. The SMILES string of the molecule is Cc1noc(CCNC(=O)c2nc(NN)ccc2Cl)n1. The molecule has 106 valence electrons. The van der Waals surface area contributed by atoms with Crippen molar-refractivity contribution in [1.29, 1.82) is 0 Å². The van der Waals surface area contributed by atoms with Gasteiger partial charge in [0.05, 0.1) is 5.02 Å². The second-order valence-corrected chi connectivity index (χ2v) is 4.32. The molecule has 2 heterocycles. The van der Waals surface area contributed by atoms with E-state index in [1.807, 2.05) is 0 Å². The highest BCUT2D eigenvalue weighted by Crippen LogP contribution is 2.16. The van der Waals surface area contributed by atoms with E-state index in [1.165, 1.54) is 0 Å². The molecule has 2 aromatic heterocycles. The summed E-state index contributed by atoms with van der Waals surface area (Å²) in [5, 5.41) is 6.57. The van der Waals surface area contributed by atoms with Gasteiger partial charge in [-0.3, -0.25) is 4.79 Å². The van der Waals surface area contributed by atoms with Crippen LogP contribution in [0.3, 0.4) is 0 Å². The molecule has 0 aliphatic heterocycles. The van der Waals surface area contributed by atoms with Crippen LogP contribution in [0.4, 0.5) is 5.82 Å². The van der Waals surface area contributed by atoms with E-state index in [9.17, 15) is 4.79 Å². The maximum Gasteiger partial charge on any atom is 0.271 e. The highest BCUT2D eigenvalue weighted by molar-refractivity contribution is 6.33. The molecule has 0 radical (unpaired) electrons. The molecule has 0 spiro atoms. The fraction of sp³-hybridized carbons (Fsp3) is 0.273. The van der Waals surface area contributed by atoms with E-state index in [0.29, 0.717) is 30.5 Å². The van der Waals surface area contributed by atoms with Gasteiger partial charge in [0.15, 0.2) is 5.82 Å². The maximum absolute atomic E-state index is 11.9. The zero-order valence-electron chi connectivity index (χ0n) is 10.7. The Morgan fingerprint density at radius 2 is 2.25 bits per heavy atom. The Balaban J connectivity index is 1.94. The number of hydrogen-bond acceptors (Lipinski definition) is 7. The molecular formula is C11H13ClN6O2. The van der Waals surface area contributed by atoms with Crippen LogP contribution in [-0.2, 0) is 6.42 Å². The van der Waals surface area contributed by atoms with E-state index in [2.05, 4.69) is 25.9 Å². The Hall–Kier alpha value is -2.19. The van der Waals surface area contributed by atoms with Gasteiger partial charge in [0.1, 0.15) is 11.5 Å². The molecule has 4 N–H and O–H groups in total. The predicted octanol–water partition coefficient (Wildman–Crippen LogP) is 0.685. The maximum atomic E-state index is 11.9. The van der Waals surface area contributed by atoms with Gasteiger partial charge >= 0.3 is 0 Å². The third-order valence-electron chi connectivity index (χ3n) is 2.40. The summed E-state index contributed by atoms with van der Waals surface area (Å²) in [7, 11) is 0. The summed E-state index contributed by atoms with van der Waals surface area (Å²) in [6.07, 6.45) is 0.430. The summed E-state index contributed by atoms with van der Waals surface area (Å²) in [5.74, 6) is 6.20. The minimum Gasteiger partial charge on any atom is -0.350 e. The largest absolute Gasteiger partial charge is 0.350 e. The van der Waals surface area contributed by atoms with Crippen molar-refractivity contribution >= 4 is 23.3 Å². The first-order valence-electron chi connectivity index (χ1n) is 5.80. The third kappa shape index (κ3) is 3.43. The minimum absolute atomic E-state index is 0.101. The summed E-state index contributed by atoms with van der Waals surface area (Å²) >= 11 is 5.91. The molecule has 20 heavy (non-hydrogen) atoms. The molecule has 0 saturated carbocycles. The van der Waals surface area contributed by atoms with Crippen LogP contribution < -0.4 is 16.6 Å². The van der Waals surface area contributed by atoms with Crippen molar-refractivity contribution in [2.45, 2.75) is 13.3 Å². The summed E-state index contributed by atoms with van der Waals surface area (Å²) in [6, 6.07) is 3.11. The van der Waals surface area contributed by atoms with Gasteiger partial charge in [-0.05, 0) is 19.1 Å². The Labute approximate surface area is 119 Å². The fourth-order valence-corrected chi connectivity index (χ4v) is 1.68. The number of nitrogens with two attached hydrogens (primary N) is 1. The molecule has 0 aliphatic rings. The van der Waals surface area contributed by atoms with Crippen LogP contribution in [0, 0.1) is 6.92 Å². The van der Waals surface area contributed by atoms with Gasteiger partial charge in [-0.25, -0.2) is 10.8 Å². The van der Waals surface area contributed by atoms with Crippen LogP contribution in [0.1, 0.15) is 22.2 Å². The Morgan fingerprint density at radius 3 is 2.90 bits per heavy atom. The number of nitrogens with zero attached hydrogens (tertiary/aromatic N) is 3. The van der Waals surface area contributed by atoms with E-state index in [1.54, 1.807) is 19.1 Å². The van der Waals surface area contributed by atoms with Gasteiger partial charge in [-0.15, -0.1) is 0 Å². The van der Waals surface area contributed by atoms with E-state index in [0.717, 1.165) is 0 Å². The molecular weight excluding hydrogens is 284 g/mol. The molecule has 0 aromatic carbocycles. The van der Waals surface area contributed by atoms with Gasteiger partial charge in [0, 0.05) is 13.0 Å². The Morgan fingerprint density at radius 1 is 1.45 bits per heavy atom. The van der Waals surface area contributed by atoms with Crippen molar-refractivity contribution in [2.75, 3.05) is 12.0 Å². The van der Waals surface area contributed by atoms with Crippen molar-refractivity contribution in [1.82, 2.24) is 20.4 Å². The number of nitrogen functional groups attached to an aromatic ring is 1. The number of nitrogens with one attached hydrogen (secondary N) is 2. The van der Waals surface area contributed by atoms with Crippen LogP contribution in [0.2, 0.25) is 5.02 Å². The summed E-state index contributed by atoms with van der Waals surface area (Å²) in [4.78, 5) is 20.0. The molecule has 2 rings (SSSR count). The predicted molar refractivity (Wildman–Crippen MR) is 72.1 cm³/mol. The fourth-order valence-electron chi connectivity index (χ4n) is 1.49. The lowest BCUT2D eigenvalue weighted by Gasteiger charge is -2.06. The van der Waals surface area contributed by atoms with Crippen molar-refractivity contribution in [3.05, 3.63) is 34.6 Å². The van der Waals surface area contributed by atoms with E-state index >= 15 is 0 Å². The van der Waals surface area contributed by atoms with Gasteiger partial charge in [0.2, 0.25) is 5.89 Å². The summed E-state index contributed by atoms with van der Waals surface area (Å²) in [5.41, 5.74) is 2.45. The normalized spacial score (nSPS) is 10.3. The summed E-state index contributed by atoms with van der Waals surface area (Å²) in [6.45, 7) is 2.05. The number of halogens is 1. The number of anilines is 1. The minimum atomic E-state index is -0.400. The standard InChI is InChI=1S/C11H13ClN6O2/c1-6-15-9(20-18-6)4-5-14-11(19)10-7(12)2-3-8(16-10)17-13/h2-3H,4-5,13H2,1H3,(H,14,19)(H,16,17). The molecule has 9 heteroatoms. The number of pyridine rings is 1. The van der Waals surface area contributed by atoms with Crippen LogP contribution in [-0.4, -0.2) is 27.6 Å². The lowest BCUT2D eigenvalue weighted by molar-refractivity contribution is 0.0948. The van der Waals surface area contributed by atoms with Crippen molar-refractivity contribution < 1.29 is 9.32 Å². The van der Waals surface area contributed by atoms with Crippen LogP contribution >= 0.6 is 11.6 Å². The second kappa shape index (κ2) is 6.31. The number of carbonyl (C=O) groups excluding carboxylic acids is 1. The number of hydrazine groups is 1. The van der Waals surface area contributed by atoms with Crippen LogP contribution in [0.25, 0.3) is 0 Å². The highest BCUT2D eigenvalue weighted by atomic mass is 35.5. The van der Waals surface area contributed by atoms with Crippen molar-refractivity contribution in [3.8, 4) is 0 Å². The molecule has 8 nitrogen and oxygen atoms in total. The molecule has 2 aromatic rings. The van der Waals surface area contributed by atoms with Gasteiger partial charge in [-0.1, -0.05) is 16.8 Å². The van der Waals surface area contributed by atoms with Crippen molar-refractivity contribution in [3.63, 3.8) is 0 Å². The van der Waals surface area contributed by atoms with Gasteiger partial charge in [0.25, 0.3) is 5.91 Å². The number of aromatic nitrogens is 3. The Bertz CT molecular complexity index is 615. The zero-order valence-corrected chi connectivity index (χ0v) is 11.4. The average Bonchev–Trinajstić information content (AvgIpc) is 2.85. The first-order valence-corrected chi connectivity index (χ1v) is 6.18. The number of carbonyl (C=O) groups is 1. The first-order chi connectivity index (χ1) is 9.60. The Kier molecular flexibility index (Phi) is 4.49. The topological polar surface area (TPSA) is 119 Å². The van der Waals surface area contributed by atoms with Crippen molar-refractivity contribution in [2.24, 2.45) is 5.84 Å². The zero-order chi connectivity index (χ0) is 14.5. The second-order valence-electron chi connectivity index (χ2n) is 3.91. The van der Waals surface area contributed by atoms with Crippen LogP contribution in [0.5, 0.6) is 0 Å². The molecule has 0 bridgehead atoms. The molecule has 0 unspecified atom stereocenters. The molecule has 0 aliphatic carbocycles. The summed E-state index contributed by atoms with van der Waals surface area (Å²) < 4.78 is 4.93. The lowest BCUT2D eigenvalue weighted by atomic mass is 10.3. The number of aryl methyl sites for hydroxylation is 1. The van der Waals surface area contributed by atoms with Gasteiger partial charge in [-0.2, -0.15) is 4.98 Å². The molecule has 0 fully saturated rings. The third-order valence-corrected chi connectivity index (χ3v) is 2.71. The average molecular weight is 297 g/mol. The first kappa shape index (κ1) is 14.2. The van der Waals surface area contributed by atoms with E-state index < -0.39 is 5.91 Å². The van der Waals surface area contributed by atoms with Gasteiger partial charge < -0.3 is 15.3 Å². The number of hydrogen-bond donors (Lipinski definition) is 3. The molecule has 1 amide bonds. The lowest BCUT2D eigenvalue weighted by Crippen LogP contribution is -2.27. The molecule has 0 atom stereocenters. The smallest absolute Gasteiger partial charge is 0.271 e. The highest BCUT2D eigenvalue weighted by Gasteiger charge is 2.13.